The van der Waals surface area contributed by atoms with Crippen LogP contribution in [0.25, 0.3) is 22.4 Å². The number of fused-ring (bicyclic) bond motifs is 1. The highest BCUT2D eigenvalue weighted by Gasteiger charge is 2.14. The smallest absolute Gasteiger partial charge is 0.142 e. The standard InChI is InChI=1S/C15H13BrFN3/c1-2-20-14-7-9(17)3-6-13(14)19-15(20)11-8-10(18)4-5-12(11)16/h3-8H,2,18H2,1H3. The minimum atomic E-state index is -0.259. The molecule has 0 saturated heterocycles. The average molecular weight is 334 g/mol. The van der Waals surface area contributed by atoms with Crippen LogP contribution in [0.1, 0.15) is 6.92 Å². The number of nitrogen functional groups attached to an aromatic ring is 1. The lowest BCUT2D eigenvalue weighted by Crippen LogP contribution is -1.99. The summed E-state index contributed by atoms with van der Waals surface area (Å²) in [4.78, 5) is 4.61. The Balaban J connectivity index is 2.33. The van der Waals surface area contributed by atoms with Gasteiger partial charge in [0.05, 0.1) is 11.0 Å². The van der Waals surface area contributed by atoms with Gasteiger partial charge in [0.1, 0.15) is 11.6 Å². The molecule has 3 aromatic rings. The van der Waals surface area contributed by atoms with Crippen molar-refractivity contribution in [3.63, 3.8) is 0 Å². The SMILES string of the molecule is CCn1c(-c2cc(N)ccc2Br)nc2ccc(F)cc21. The van der Waals surface area contributed by atoms with Gasteiger partial charge < -0.3 is 10.3 Å². The molecule has 0 aliphatic rings. The molecule has 1 aromatic heterocycles. The summed E-state index contributed by atoms with van der Waals surface area (Å²) in [5, 5.41) is 0. The maximum atomic E-state index is 13.4. The number of nitrogens with two attached hydrogens (primary N) is 1. The second-order valence-electron chi connectivity index (χ2n) is 4.55. The van der Waals surface area contributed by atoms with Gasteiger partial charge in [0.15, 0.2) is 0 Å². The van der Waals surface area contributed by atoms with Crippen molar-refractivity contribution in [3.05, 3.63) is 46.7 Å². The van der Waals surface area contributed by atoms with E-state index < -0.39 is 0 Å². The van der Waals surface area contributed by atoms with Crippen LogP contribution in [0.4, 0.5) is 10.1 Å². The number of halogens is 2. The van der Waals surface area contributed by atoms with Gasteiger partial charge in [0.25, 0.3) is 0 Å². The fraction of sp³-hybridized carbons (Fsp3) is 0.133. The first-order valence-corrected chi connectivity index (χ1v) is 7.10. The topological polar surface area (TPSA) is 43.8 Å². The van der Waals surface area contributed by atoms with Crippen molar-refractivity contribution in [1.82, 2.24) is 9.55 Å². The molecule has 3 nitrogen and oxygen atoms in total. The summed E-state index contributed by atoms with van der Waals surface area (Å²) in [5.41, 5.74) is 9.00. The summed E-state index contributed by atoms with van der Waals surface area (Å²) in [6, 6.07) is 10.2. The summed E-state index contributed by atoms with van der Waals surface area (Å²) in [5.74, 6) is 0.526. The molecule has 0 spiro atoms. The van der Waals surface area contributed by atoms with Crippen LogP contribution in [0.3, 0.4) is 0 Å². The van der Waals surface area contributed by atoms with Crippen LogP contribution < -0.4 is 5.73 Å². The zero-order chi connectivity index (χ0) is 14.3. The molecule has 0 unspecified atom stereocenters. The molecule has 2 aromatic carbocycles. The molecule has 0 amide bonds. The van der Waals surface area contributed by atoms with Crippen molar-refractivity contribution in [2.45, 2.75) is 13.5 Å². The molecule has 0 atom stereocenters. The highest BCUT2D eigenvalue weighted by Crippen LogP contribution is 2.32. The Bertz CT molecular complexity index is 795. The molecule has 102 valence electrons. The third-order valence-electron chi connectivity index (χ3n) is 3.26. The van der Waals surface area contributed by atoms with E-state index in [9.17, 15) is 4.39 Å². The summed E-state index contributed by atoms with van der Waals surface area (Å²) in [6.07, 6.45) is 0. The lowest BCUT2D eigenvalue weighted by molar-refractivity contribution is 0.628. The van der Waals surface area contributed by atoms with Crippen LogP contribution >= 0.6 is 15.9 Å². The first kappa shape index (κ1) is 13.1. The maximum Gasteiger partial charge on any atom is 0.142 e. The second kappa shape index (κ2) is 4.90. The van der Waals surface area contributed by atoms with E-state index in [1.807, 2.05) is 29.7 Å². The summed E-state index contributed by atoms with van der Waals surface area (Å²) in [7, 11) is 0. The van der Waals surface area contributed by atoms with E-state index in [0.717, 1.165) is 26.9 Å². The number of aromatic nitrogens is 2. The highest BCUT2D eigenvalue weighted by molar-refractivity contribution is 9.10. The molecule has 0 radical (unpaired) electrons. The molecule has 20 heavy (non-hydrogen) atoms. The average Bonchev–Trinajstić information content (AvgIpc) is 2.79. The van der Waals surface area contributed by atoms with E-state index in [1.165, 1.54) is 12.1 Å². The third kappa shape index (κ3) is 2.08. The van der Waals surface area contributed by atoms with Crippen LogP contribution in [0, 0.1) is 5.82 Å². The van der Waals surface area contributed by atoms with Gasteiger partial charge >= 0.3 is 0 Å². The van der Waals surface area contributed by atoms with Crippen LogP contribution in [-0.2, 0) is 6.54 Å². The molecule has 0 saturated carbocycles. The normalized spacial score (nSPS) is 11.2. The van der Waals surface area contributed by atoms with Gasteiger partial charge in [0.2, 0.25) is 0 Å². The predicted octanol–water partition coefficient (Wildman–Crippen LogP) is 4.21. The van der Waals surface area contributed by atoms with Crippen molar-refractivity contribution in [2.24, 2.45) is 0 Å². The van der Waals surface area contributed by atoms with Crippen molar-refractivity contribution in [1.29, 1.82) is 0 Å². The number of benzene rings is 2. The molecule has 0 aliphatic heterocycles. The monoisotopic (exact) mass is 333 g/mol. The molecule has 5 heteroatoms. The highest BCUT2D eigenvalue weighted by atomic mass is 79.9. The zero-order valence-electron chi connectivity index (χ0n) is 10.9. The number of aryl methyl sites for hydroxylation is 1. The first-order valence-electron chi connectivity index (χ1n) is 6.31. The minimum Gasteiger partial charge on any atom is -0.399 e. The molecule has 0 bridgehead atoms. The zero-order valence-corrected chi connectivity index (χ0v) is 12.5. The van der Waals surface area contributed by atoms with Crippen LogP contribution in [0.5, 0.6) is 0 Å². The van der Waals surface area contributed by atoms with E-state index in [0.29, 0.717) is 12.2 Å². The third-order valence-corrected chi connectivity index (χ3v) is 3.95. The van der Waals surface area contributed by atoms with E-state index in [1.54, 1.807) is 6.07 Å². The lowest BCUT2D eigenvalue weighted by Gasteiger charge is -2.08. The maximum absolute atomic E-state index is 13.4. The Morgan fingerprint density at radius 2 is 2.05 bits per heavy atom. The Kier molecular flexibility index (Phi) is 3.22. The second-order valence-corrected chi connectivity index (χ2v) is 5.41. The molecule has 2 N–H and O–H groups in total. The fourth-order valence-electron chi connectivity index (χ4n) is 2.34. The van der Waals surface area contributed by atoms with Gasteiger partial charge in [-0.2, -0.15) is 0 Å². The number of rotatable bonds is 2. The first-order chi connectivity index (χ1) is 9.60. The summed E-state index contributed by atoms with van der Waals surface area (Å²) < 4.78 is 16.3. The van der Waals surface area contributed by atoms with E-state index in [-0.39, 0.29) is 5.82 Å². The Labute approximate surface area is 124 Å². The van der Waals surface area contributed by atoms with Crippen LogP contribution in [-0.4, -0.2) is 9.55 Å². The largest absolute Gasteiger partial charge is 0.399 e. The molecular weight excluding hydrogens is 321 g/mol. The number of anilines is 1. The fourth-order valence-corrected chi connectivity index (χ4v) is 2.76. The van der Waals surface area contributed by atoms with Crippen molar-refractivity contribution >= 4 is 32.7 Å². The number of hydrogen-bond donors (Lipinski definition) is 1. The van der Waals surface area contributed by atoms with E-state index in [4.69, 9.17) is 5.73 Å². The van der Waals surface area contributed by atoms with Crippen molar-refractivity contribution in [3.8, 4) is 11.4 Å². The van der Waals surface area contributed by atoms with E-state index >= 15 is 0 Å². The Morgan fingerprint density at radius 1 is 1.25 bits per heavy atom. The van der Waals surface area contributed by atoms with Gasteiger partial charge in [-0.25, -0.2) is 9.37 Å². The van der Waals surface area contributed by atoms with Crippen molar-refractivity contribution < 1.29 is 4.39 Å². The Hall–Kier alpha value is -1.88. The quantitative estimate of drug-likeness (QED) is 0.714. The van der Waals surface area contributed by atoms with Crippen LogP contribution in [0.2, 0.25) is 0 Å². The Morgan fingerprint density at radius 3 is 2.80 bits per heavy atom. The molecule has 0 aliphatic carbocycles. The van der Waals surface area contributed by atoms with Gasteiger partial charge in [-0.3, -0.25) is 0 Å². The van der Waals surface area contributed by atoms with Gasteiger partial charge in [-0.1, -0.05) is 15.9 Å². The summed E-state index contributed by atoms with van der Waals surface area (Å²) in [6.45, 7) is 2.71. The van der Waals surface area contributed by atoms with Crippen molar-refractivity contribution in [2.75, 3.05) is 5.73 Å². The van der Waals surface area contributed by atoms with E-state index in [2.05, 4.69) is 20.9 Å². The number of hydrogen-bond acceptors (Lipinski definition) is 2. The number of imidazole rings is 1. The van der Waals surface area contributed by atoms with Crippen LogP contribution in [0.15, 0.2) is 40.9 Å². The molecule has 0 fully saturated rings. The molecule has 3 rings (SSSR count). The lowest BCUT2D eigenvalue weighted by atomic mass is 10.2. The van der Waals surface area contributed by atoms with Gasteiger partial charge in [-0.15, -0.1) is 0 Å². The summed E-state index contributed by atoms with van der Waals surface area (Å²) >= 11 is 3.52. The molecular formula is C15H13BrFN3. The van der Waals surface area contributed by atoms with Gasteiger partial charge in [0, 0.05) is 22.3 Å². The van der Waals surface area contributed by atoms with Gasteiger partial charge in [-0.05, 0) is 43.3 Å². The molecule has 1 heterocycles. The number of nitrogens with zero attached hydrogens (tertiary/aromatic N) is 2. The minimum absolute atomic E-state index is 0.259. The predicted molar refractivity (Wildman–Crippen MR) is 82.9 cm³/mol.